The largest absolute Gasteiger partial charge is 0.396 e. The van der Waals surface area contributed by atoms with E-state index in [0.29, 0.717) is 6.54 Å². The highest BCUT2D eigenvalue weighted by molar-refractivity contribution is 5.93. The van der Waals surface area contributed by atoms with Crippen molar-refractivity contribution >= 4 is 5.91 Å². The normalized spacial score (nSPS) is 16.6. The van der Waals surface area contributed by atoms with E-state index in [-0.39, 0.29) is 29.1 Å². The van der Waals surface area contributed by atoms with Gasteiger partial charge in [0.05, 0.1) is 6.61 Å². The fourth-order valence-corrected chi connectivity index (χ4v) is 1.70. The Bertz CT molecular complexity index is 489. The third-order valence-corrected chi connectivity index (χ3v) is 3.28. The molecule has 0 aliphatic heterocycles. The van der Waals surface area contributed by atoms with Gasteiger partial charge in [0.25, 0.3) is 11.5 Å². The summed E-state index contributed by atoms with van der Waals surface area (Å²) in [5.74, 6) is -0.370. The highest BCUT2D eigenvalue weighted by Crippen LogP contribution is 2.44. The Balaban J connectivity index is 2.05. The van der Waals surface area contributed by atoms with E-state index >= 15 is 0 Å². The topological polar surface area (TPSA) is 71.3 Å². The number of aliphatic hydroxyl groups excluding tert-OH is 1. The molecular formula is C12H16N2O3. The van der Waals surface area contributed by atoms with E-state index in [1.54, 1.807) is 19.3 Å². The molecule has 5 nitrogen and oxygen atoms in total. The summed E-state index contributed by atoms with van der Waals surface area (Å²) in [6.45, 7) is 0.514. The van der Waals surface area contributed by atoms with E-state index in [9.17, 15) is 9.59 Å². The number of hydrogen-bond donors (Lipinski definition) is 2. The van der Waals surface area contributed by atoms with Gasteiger partial charge in [0, 0.05) is 25.2 Å². The number of nitrogens with zero attached hydrogens (tertiary/aromatic N) is 1. The van der Waals surface area contributed by atoms with Crippen LogP contribution in [0.5, 0.6) is 0 Å². The maximum Gasteiger partial charge on any atom is 0.263 e. The summed E-state index contributed by atoms with van der Waals surface area (Å²) in [7, 11) is 1.61. The zero-order valence-corrected chi connectivity index (χ0v) is 9.77. The van der Waals surface area contributed by atoms with Gasteiger partial charge in [-0.15, -0.1) is 0 Å². The molecular weight excluding hydrogens is 220 g/mol. The molecule has 1 aromatic rings. The lowest BCUT2D eigenvalue weighted by atomic mass is 10.1. The van der Waals surface area contributed by atoms with Gasteiger partial charge < -0.3 is 15.0 Å². The minimum absolute atomic E-state index is 0.0834. The van der Waals surface area contributed by atoms with Gasteiger partial charge in [0.15, 0.2) is 0 Å². The second-order valence-corrected chi connectivity index (χ2v) is 4.68. The van der Waals surface area contributed by atoms with Crippen LogP contribution in [-0.2, 0) is 7.05 Å². The Kier molecular flexibility index (Phi) is 3.02. The van der Waals surface area contributed by atoms with Gasteiger partial charge in [-0.25, -0.2) is 0 Å². The molecule has 1 aliphatic carbocycles. The Morgan fingerprint density at radius 3 is 2.88 bits per heavy atom. The van der Waals surface area contributed by atoms with E-state index < -0.39 is 0 Å². The van der Waals surface area contributed by atoms with Crippen LogP contribution >= 0.6 is 0 Å². The minimum Gasteiger partial charge on any atom is -0.396 e. The molecule has 0 saturated heterocycles. The van der Waals surface area contributed by atoms with Crippen LogP contribution in [0.3, 0.4) is 0 Å². The molecule has 0 aromatic carbocycles. The predicted molar refractivity (Wildman–Crippen MR) is 62.8 cm³/mol. The average molecular weight is 236 g/mol. The molecule has 2 rings (SSSR count). The molecule has 2 N–H and O–H groups in total. The van der Waals surface area contributed by atoms with Gasteiger partial charge >= 0.3 is 0 Å². The van der Waals surface area contributed by atoms with Crippen LogP contribution in [0.15, 0.2) is 23.1 Å². The van der Waals surface area contributed by atoms with Crippen molar-refractivity contribution in [2.75, 3.05) is 13.2 Å². The van der Waals surface area contributed by atoms with E-state index in [4.69, 9.17) is 5.11 Å². The SMILES string of the molecule is Cn1cccc(C(=O)NCC2(CO)CC2)c1=O. The quantitative estimate of drug-likeness (QED) is 0.766. The third-order valence-electron chi connectivity index (χ3n) is 3.28. The number of hydrogen-bond acceptors (Lipinski definition) is 3. The fraction of sp³-hybridized carbons (Fsp3) is 0.500. The Labute approximate surface area is 99.1 Å². The Morgan fingerprint density at radius 2 is 2.29 bits per heavy atom. The van der Waals surface area contributed by atoms with Crippen molar-refractivity contribution in [3.05, 3.63) is 34.2 Å². The summed E-state index contributed by atoms with van der Waals surface area (Å²) in [4.78, 5) is 23.5. The molecule has 1 fully saturated rings. The molecule has 92 valence electrons. The third kappa shape index (κ3) is 2.39. The zero-order valence-electron chi connectivity index (χ0n) is 9.77. The average Bonchev–Trinajstić information content (AvgIpc) is 3.10. The molecule has 0 radical (unpaired) electrons. The van der Waals surface area contributed by atoms with Gasteiger partial charge in [-0.1, -0.05) is 0 Å². The molecule has 0 bridgehead atoms. The van der Waals surface area contributed by atoms with Gasteiger partial charge in [0.1, 0.15) is 5.56 Å². The smallest absolute Gasteiger partial charge is 0.263 e. The van der Waals surface area contributed by atoms with Crippen molar-refractivity contribution in [1.82, 2.24) is 9.88 Å². The zero-order chi connectivity index (χ0) is 12.5. The van der Waals surface area contributed by atoms with Crippen molar-refractivity contribution in [1.29, 1.82) is 0 Å². The van der Waals surface area contributed by atoms with E-state index in [0.717, 1.165) is 12.8 Å². The summed E-state index contributed by atoms with van der Waals surface area (Å²) < 4.78 is 1.37. The second kappa shape index (κ2) is 4.33. The number of carbonyl (C=O) groups excluding carboxylic acids is 1. The van der Waals surface area contributed by atoms with Crippen molar-refractivity contribution in [2.45, 2.75) is 12.8 Å². The van der Waals surface area contributed by atoms with Crippen molar-refractivity contribution in [2.24, 2.45) is 12.5 Å². The van der Waals surface area contributed by atoms with Crippen molar-refractivity contribution < 1.29 is 9.90 Å². The first-order valence-corrected chi connectivity index (χ1v) is 5.63. The first kappa shape index (κ1) is 11.9. The lowest BCUT2D eigenvalue weighted by Gasteiger charge is -2.12. The highest BCUT2D eigenvalue weighted by atomic mass is 16.3. The maximum atomic E-state index is 11.8. The first-order chi connectivity index (χ1) is 8.08. The Morgan fingerprint density at radius 1 is 1.59 bits per heavy atom. The predicted octanol–water partition coefficient (Wildman–Crippen LogP) is -0.112. The van der Waals surface area contributed by atoms with Gasteiger partial charge in [-0.2, -0.15) is 0 Å². The van der Waals surface area contributed by atoms with Crippen LogP contribution in [0.25, 0.3) is 0 Å². The van der Waals surface area contributed by atoms with Crippen LogP contribution in [0.1, 0.15) is 23.2 Å². The summed E-state index contributed by atoms with van der Waals surface area (Å²) in [5.41, 5.74) is -0.307. The van der Waals surface area contributed by atoms with Crippen molar-refractivity contribution in [3.63, 3.8) is 0 Å². The van der Waals surface area contributed by atoms with Gasteiger partial charge in [-0.3, -0.25) is 9.59 Å². The fourth-order valence-electron chi connectivity index (χ4n) is 1.70. The molecule has 1 saturated carbocycles. The summed E-state index contributed by atoms with van der Waals surface area (Å²) in [6, 6.07) is 3.17. The molecule has 1 heterocycles. The standard InChI is InChI=1S/C12H16N2O3/c1-14-6-2-3-9(11(14)17)10(16)13-7-12(8-15)4-5-12/h2-3,6,15H,4-5,7-8H2,1H3,(H,13,16). The van der Waals surface area contributed by atoms with Crippen LogP contribution in [-0.4, -0.2) is 28.7 Å². The first-order valence-electron chi connectivity index (χ1n) is 5.63. The number of rotatable bonds is 4. The second-order valence-electron chi connectivity index (χ2n) is 4.68. The number of aromatic nitrogens is 1. The lowest BCUT2D eigenvalue weighted by Crippen LogP contribution is -2.36. The highest BCUT2D eigenvalue weighted by Gasteiger charge is 2.42. The van der Waals surface area contributed by atoms with Crippen molar-refractivity contribution in [3.8, 4) is 0 Å². The van der Waals surface area contributed by atoms with Crippen LogP contribution in [0.4, 0.5) is 0 Å². The molecule has 1 aliphatic rings. The van der Waals surface area contributed by atoms with E-state index in [2.05, 4.69) is 5.32 Å². The number of aryl methyl sites for hydroxylation is 1. The van der Waals surface area contributed by atoms with Crippen LogP contribution in [0, 0.1) is 5.41 Å². The molecule has 1 amide bonds. The molecule has 0 atom stereocenters. The summed E-state index contributed by atoms with van der Waals surface area (Å²) in [5, 5.41) is 11.8. The maximum absolute atomic E-state index is 11.8. The molecule has 1 aromatic heterocycles. The number of nitrogens with one attached hydrogen (secondary N) is 1. The Hall–Kier alpha value is -1.62. The number of pyridine rings is 1. The van der Waals surface area contributed by atoms with Gasteiger partial charge in [0.2, 0.25) is 0 Å². The van der Waals surface area contributed by atoms with Crippen LogP contribution < -0.4 is 10.9 Å². The minimum atomic E-state index is -0.370. The molecule has 0 spiro atoms. The molecule has 0 unspecified atom stereocenters. The number of carbonyl (C=O) groups is 1. The number of amides is 1. The van der Waals surface area contributed by atoms with E-state index in [1.807, 2.05) is 0 Å². The molecule has 5 heteroatoms. The monoisotopic (exact) mass is 236 g/mol. The summed E-state index contributed by atoms with van der Waals surface area (Å²) >= 11 is 0. The number of aliphatic hydroxyl groups is 1. The van der Waals surface area contributed by atoms with Crippen LogP contribution in [0.2, 0.25) is 0 Å². The molecule has 17 heavy (non-hydrogen) atoms. The van der Waals surface area contributed by atoms with Gasteiger partial charge in [-0.05, 0) is 25.0 Å². The summed E-state index contributed by atoms with van der Waals surface area (Å²) in [6.07, 6.45) is 3.46. The van der Waals surface area contributed by atoms with E-state index in [1.165, 1.54) is 10.6 Å². The lowest BCUT2D eigenvalue weighted by molar-refractivity contribution is 0.0933.